The average Bonchev–Trinajstić information content (AvgIpc) is 2.39. The van der Waals surface area contributed by atoms with Gasteiger partial charge in [-0.25, -0.2) is 4.39 Å². The van der Waals surface area contributed by atoms with E-state index in [0.717, 1.165) is 22.3 Å². The first kappa shape index (κ1) is 13.6. The lowest BCUT2D eigenvalue weighted by atomic mass is 9.94. The summed E-state index contributed by atoms with van der Waals surface area (Å²) in [7, 11) is 0. The lowest BCUT2D eigenvalue weighted by Gasteiger charge is -2.14. The summed E-state index contributed by atoms with van der Waals surface area (Å²) in [6.45, 7) is 0. The highest BCUT2D eigenvalue weighted by Crippen LogP contribution is 2.24. The van der Waals surface area contributed by atoms with Crippen molar-refractivity contribution in [1.29, 1.82) is 0 Å². The molecule has 1 atom stereocenters. The highest BCUT2D eigenvalue weighted by atomic mass is 79.9. The second-order valence-corrected chi connectivity index (χ2v) is 5.32. The maximum atomic E-state index is 12.8. The van der Waals surface area contributed by atoms with Gasteiger partial charge in [0.1, 0.15) is 5.82 Å². The molecular weight excluding hydrogens is 315 g/mol. The molecule has 0 bridgehead atoms. The number of alkyl halides is 1. The van der Waals surface area contributed by atoms with E-state index in [1.54, 1.807) is 0 Å². The minimum atomic E-state index is -0.194. The fourth-order valence-electron chi connectivity index (χ4n) is 1.90. The highest BCUT2D eigenvalue weighted by Gasteiger charge is 2.11. The van der Waals surface area contributed by atoms with Crippen LogP contribution in [0, 0.1) is 5.82 Å². The maximum absolute atomic E-state index is 12.8. The molecule has 0 aliphatic rings. The molecule has 0 saturated heterocycles. The first-order valence-electron chi connectivity index (χ1n) is 5.75. The SMILES string of the molecule is Fc1ccc(CC(CBr)c2ccc(Cl)cc2)cc1. The van der Waals surface area contributed by atoms with Gasteiger partial charge in [-0.15, -0.1) is 0 Å². The van der Waals surface area contributed by atoms with E-state index in [4.69, 9.17) is 11.6 Å². The van der Waals surface area contributed by atoms with Crippen molar-refractivity contribution in [2.45, 2.75) is 12.3 Å². The van der Waals surface area contributed by atoms with Crippen LogP contribution in [0.1, 0.15) is 17.0 Å². The van der Waals surface area contributed by atoms with Crippen LogP contribution < -0.4 is 0 Å². The van der Waals surface area contributed by atoms with Crippen molar-refractivity contribution in [1.82, 2.24) is 0 Å². The lowest BCUT2D eigenvalue weighted by Crippen LogP contribution is -2.04. The van der Waals surface area contributed by atoms with Gasteiger partial charge in [0, 0.05) is 10.4 Å². The average molecular weight is 328 g/mol. The molecule has 0 radical (unpaired) electrons. The second-order valence-electron chi connectivity index (χ2n) is 4.23. The molecule has 2 aromatic rings. The van der Waals surface area contributed by atoms with E-state index in [9.17, 15) is 4.39 Å². The zero-order valence-corrected chi connectivity index (χ0v) is 12.1. The van der Waals surface area contributed by atoms with E-state index in [2.05, 4.69) is 15.9 Å². The molecule has 1 unspecified atom stereocenters. The topological polar surface area (TPSA) is 0 Å². The molecule has 0 N–H and O–H groups in total. The summed E-state index contributed by atoms with van der Waals surface area (Å²) in [6, 6.07) is 14.6. The molecular formula is C15H13BrClF. The molecule has 0 spiro atoms. The Bertz CT molecular complexity index is 493. The van der Waals surface area contributed by atoms with E-state index < -0.39 is 0 Å². The van der Waals surface area contributed by atoms with Crippen LogP contribution in [0.15, 0.2) is 48.5 Å². The van der Waals surface area contributed by atoms with Gasteiger partial charge in [-0.3, -0.25) is 0 Å². The predicted octanol–water partition coefficient (Wildman–Crippen LogP) is 5.20. The van der Waals surface area contributed by atoms with Crippen LogP contribution >= 0.6 is 27.5 Å². The van der Waals surface area contributed by atoms with Crippen molar-refractivity contribution in [3.8, 4) is 0 Å². The molecule has 0 saturated carbocycles. The molecule has 0 fully saturated rings. The Morgan fingerprint density at radius 2 is 1.61 bits per heavy atom. The summed E-state index contributed by atoms with van der Waals surface area (Å²) in [5.74, 6) is 0.174. The van der Waals surface area contributed by atoms with Gasteiger partial charge in [0.25, 0.3) is 0 Å². The van der Waals surface area contributed by atoms with Crippen molar-refractivity contribution >= 4 is 27.5 Å². The van der Waals surface area contributed by atoms with Crippen LogP contribution in [-0.2, 0) is 6.42 Å². The van der Waals surface area contributed by atoms with E-state index in [1.165, 1.54) is 17.7 Å². The molecule has 0 aliphatic carbocycles. The number of hydrogen-bond donors (Lipinski definition) is 0. The van der Waals surface area contributed by atoms with E-state index >= 15 is 0 Å². The largest absolute Gasteiger partial charge is 0.207 e. The van der Waals surface area contributed by atoms with Crippen LogP contribution in [0.3, 0.4) is 0 Å². The molecule has 0 aliphatic heterocycles. The number of benzene rings is 2. The summed E-state index contributed by atoms with van der Waals surface area (Å²) < 4.78 is 12.8. The molecule has 94 valence electrons. The van der Waals surface area contributed by atoms with Crippen molar-refractivity contribution in [2.75, 3.05) is 5.33 Å². The molecule has 2 rings (SSSR count). The summed E-state index contributed by atoms with van der Waals surface area (Å²) in [6.07, 6.45) is 0.882. The zero-order chi connectivity index (χ0) is 13.0. The number of rotatable bonds is 4. The third kappa shape index (κ3) is 3.56. The summed E-state index contributed by atoms with van der Waals surface area (Å²) >= 11 is 9.42. The minimum Gasteiger partial charge on any atom is -0.207 e. The van der Waals surface area contributed by atoms with Gasteiger partial charge in [0.15, 0.2) is 0 Å². The normalized spacial score (nSPS) is 12.4. The van der Waals surface area contributed by atoms with Gasteiger partial charge in [-0.1, -0.05) is 51.8 Å². The first-order chi connectivity index (χ1) is 8.69. The summed E-state index contributed by atoms with van der Waals surface area (Å²) in [4.78, 5) is 0. The quantitative estimate of drug-likeness (QED) is 0.677. The van der Waals surface area contributed by atoms with Gasteiger partial charge >= 0.3 is 0 Å². The molecule has 18 heavy (non-hydrogen) atoms. The zero-order valence-electron chi connectivity index (χ0n) is 9.74. The molecule has 0 aromatic heterocycles. The Balaban J connectivity index is 2.14. The maximum Gasteiger partial charge on any atom is 0.123 e. The first-order valence-corrected chi connectivity index (χ1v) is 7.25. The van der Waals surface area contributed by atoms with Crippen molar-refractivity contribution < 1.29 is 4.39 Å². The van der Waals surface area contributed by atoms with Gasteiger partial charge in [0.05, 0.1) is 0 Å². The van der Waals surface area contributed by atoms with Gasteiger partial charge in [-0.05, 0) is 47.7 Å². The van der Waals surface area contributed by atoms with Gasteiger partial charge in [-0.2, -0.15) is 0 Å². The fraction of sp³-hybridized carbons (Fsp3) is 0.200. The molecule has 0 nitrogen and oxygen atoms in total. The fourth-order valence-corrected chi connectivity index (χ4v) is 2.63. The van der Waals surface area contributed by atoms with E-state index in [1.807, 2.05) is 36.4 Å². The number of hydrogen-bond acceptors (Lipinski definition) is 0. The minimum absolute atomic E-state index is 0.194. The van der Waals surface area contributed by atoms with Gasteiger partial charge < -0.3 is 0 Å². The summed E-state index contributed by atoms with van der Waals surface area (Å²) in [5, 5.41) is 1.61. The molecule has 3 heteroatoms. The van der Waals surface area contributed by atoms with Crippen LogP contribution in [-0.4, -0.2) is 5.33 Å². The predicted molar refractivity (Wildman–Crippen MR) is 78.1 cm³/mol. The van der Waals surface area contributed by atoms with Crippen LogP contribution in [0.5, 0.6) is 0 Å². The Labute approximate surface area is 120 Å². The van der Waals surface area contributed by atoms with Crippen LogP contribution in [0.4, 0.5) is 4.39 Å². The monoisotopic (exact) mass is 326 g/mol. The smallest absolute Gasteiger partial charge is 0.123 e. The Kier molecular flexibility index (Phi) is 4.79. The van der Waals surface area contributed by atoms with Crippen molar-refractivity contribution in [3.05, 3.63) is 70.5 Å². The Morgan fingerprint density at radius 3 is 2.17 bits per heavy atom. The lowest BCUT2D eigenvalue weighted by molar-refractivity contribution is 0.626. The van der Waals surface area contributed by atoms with Crippen molar-refractivity contribution in [3.63, 3.8) is 0 Å². The van der Waals surface area contributed by atoms with Crippen LogP contribution in [0.25, 0.3) is 0 Å². The molecule has 0 heterocycles. The standard InChI is InChI=1S/C15H13BrClF/c16-10-13(12-3-5-14(17)6-4-12)9-11-1-7-15(18)8-2-11/h1-8,13H,9-10H2. The van der Waals surface area contributed by atoms with E-state index in [-0.39, 0.29) is 5.82 Å². The third-order valence-corrected chi connectivity index (χ3v) is 3.96. The van der Waals surface area contributed by atoms with Crippen molar-refractivity contribution in [2.24, 2.45) is 0 Å². The van der Waals surface area contributed by atoms with E-state index in [0.29, 0.717) is 5.92 Å². The molecule has 0 amide bonds. The highest BCUT2D eigenvalue weighted by molar-refractivity contribution is 9.09. The van der Waals surface area contributed by atoms with Crippen LogP contribution in [0.2, 0.25) is 5.02 Å². The second kappa shape index (κ2) is 6.35. The van der Waals surface area contributed by atoms with Gasteiger partial charge in [0.2, 0.25) is 0 Å². The third-order valence-electron chi connectivity index (χ3n) is 2.92. The number of halogens is 3. The Morgan fingerprint density at radius 1 is 1.00 bits per heavy atom. The summed E-state index contributed by atoms with van der Waals surface area (Å²) in [5.41, 5.74) is 2.37. The Hall–Kier alpha value is -0.860. The molecule has 2 aromatic carbocycles.